The van der Waals surface area contributed by atoms with Gasteiger partial charge in [-0.2, -0.15) is 0 Å². The molecule has 2 aromatic heterocycles. The van der Waals surface area contributed by atoms with Crippen LogP contribution in [-0.2, 0) is 0 Å². The minimum absolute atomic E-state index is 0.113. The van der Waals surface area contributed by atoms with Gasteiger partial charge < -0.3 is 4.98 Å². The van der Waals surface area contributed by atoms with Gasteiger partial charge in [0.1, 0.15) is 5.82 Å². The first-order chi connectivity index (χ1) is 12.2. The van der Waals surface area contributed by atoms with Crippen LogP contribution in [0.15, 0.2) is 65.7 Å². The van der Waals surface area contributed by atoms with Crippen LogP contribution in [0.3, 0.4) is 0 Å². The number of nitrogens with one attached hydrogen (secondary N) is 1. The number of imidazole rings is 1. The van der Waals surface area contributed by atoms with Gasteiger partial charge in [-0.15, -0.1) is 0 Å². The summed E-state index contributed by atoms with van der Waals surface area (Å²) in [4.78, 5) is 23.3. The summed E-state index contributed by atoms with van der Waals surface area (Å²) in [6.07, 6.45) is 1.63. The van der Waals surface area contributed by atoms with E-state index in [1.54, 1.807) is 12.3 Å². The number of aromatic amines is 1. The topological polar surface area (TPSA) is 84.2 Å². The van der Waals surface area contributed by atoms with Crippen LogP contribution in [0, 0.1) is 10.1 Å². The number of H-pyrrole nitrogens is 1. The quantitative estimate of drug-likeness (QED) is 0.322. The number of benzene rings is 2. The molecule has 0 unspecified atom stereocenters. The molecule has 2 aromatic carbocycles. The molecule has 0 spiro atoms. The summed E-state index contributed by atoms with van der Waals surface area (Å²) < 4.78 is 0. The SMILES string of the molecule is O=[N+]([O-])c1ccc(C=Nc2ccc(-c3nc4ccccc4[nH]3)cc2)s1. The van der Waals surface area contributed by atoms with Crippen LogP contribution in [0.2, 0.25) is 0 Å². The van der Waals surface area contributed by atoms with Crippen LogP contribution >= 0.6 is 11.3 Å². The Bertz CT molecular complexity index is 1050. The first-order valence-electron chi connectivity index (χ1n) is 7.52. The fourth-order valence-corrected chi connectivity index (χ4v) is 3.14. The molecule has 2 heterocycles. The van der Waals surface area contributed by atoms with E-state index in [1.165, 1.54) is 6.07 Å². The lowest BCUT2D eigenvalue weighted by Gasteiger charge is -1.97. The predicted molar refractivity (Wildman–Crippen MR) is 99.8 cm³/mol. The molecule has 0 saturated heterocycles. The molecule has 0 aliphatic rings. The summed E-state index contributed by atoms with van der Waals surface area (Å²) in [7, 11) is 0. The first kappa shape index (κ1) is 15.2. The first-order valence-corrected chi connectivity index (χ1v) is 8.34. The zero-order valence-electron chi connectivity index (χ0n) is 12.9. The monoisotopic (exact) mass is 348 g/mol. The molecule has 4 rings (SSSR count). The summed E-state index contributed by atoms with van der Waals surface area (Å²) >= 11 is 1.10. The number of nitro groups is 1. The Morgan fingerprint density at radius 1 is 1.08 bits per heavy atom. The van der Waals surface area contributed by atoms with Gasteiger partial charge in [-0.3, -0.25) is 15.1 Å². The Labute approximate surface area is 146 Å². The van der Waals surface area contributed by atoms with E-state index in [2.05, 4.69) is 15.0 Å². The van der Waals surface area contributed by atoms with Crippen LogP contribution in [0.5, 0.6) is 0 Å². The van der Waals surface area contributed by atoms with E-state index in [0.29, 0.717) is 0 Å². The zero-order valence-corrected chi connectivity index (χ0v) is 13.7. The van der Waals surface area contributed by atoms with E-state index in [0.717, 1.165) is 44.3 Å². The second-order valence-electron chi connectivity index (χ2n) is 5.34. The number of para-hydroxylation sites is 2. The van der Waals surface area contributed by atoms with Crippen LogP contribution in [0.4, 0.5) is 10.7 Å². The Balaban J connectivity index is 1.54. The third-order valence-electron chi connectivity index (χ3n) is 3.66. The van der Waals surface area contributed by atoms with E-state index < -0.39 is 4.92 Å². The van der Waals surface area contributed by atoms with Crippen molar-refractivity contribution < 1.29 is 4.92 Å². The summed E-state index contributed by atoms with van der Waals surface area (Å²) in [5, 5.41) is 10.8. The number of nitrogens with zero attached hydrogens (tertiary/aromatic N) is 3. The molecule has 0 saturated carbocycles. The molecule has 1 N–H and O–H groups in total. The molecule has 0 aliphatic carbocycles. The van der Waals surface area contributed by atoms with Gasteiger partial charge in [0.05, 0.1) is 26.5 Å². The second-order valence-corrected chi connectivity index (χ2v) is 6.43. The van der Waals surface area contributed by atoms with Crippen LogP contribution in [0.1, 0.15) is 4.88 Å². The van der Waals surface area contributed by atoms with Gasteiger partial charge in [-0.1, -0.05) is 23.5 Å². The van der Waals surface area contributed by atoms with Crippen molar-refractivity contribution in [2.75, 3.05) is 0 Å². The molecular weight excluding hydrogens is 336 g/mol. The van der Waals surface area contributed by atoms with Crippen LogP contribution in [0.25, 0.3) is 22.4 Å². The highest BCUT2D eigenvalue weighted by molar-refractivity contribution is 7.16. The number of thiophene rings is 1. The fraction of sp³-hybridized carbons (Fsp3) is 0. The summed E-state index contributed by atoms with van der Waals surface area (Å²) in [6, 6.07) is 18.7. The maximum absolute atomic E-state index is 10.7. The Kier molecular flexibility index (Phi) is 3.83. The average Bonchev–Trinajstić information content (AvgIpc) is 3.27. The molecule has 0 fully saturated rings. The lowest BCUT2D eigenvalue weighted by atomic mass is 10.2. The molecule has 0 bridgehead atoms. The minimum atomic E-state index is -0.399. The fourth-order valence-electron chi connectivity index (χ4n) is 2.44. The maximum Gasteiger partial charge on any atom is 0.324 e. The van der Waals surface area contributed by atoms with Crippen LogP contribution in [-0.4, -0.2) is 21.1 Å². The largest absolute Gasteiger partial charge is 0.338 e. The van der Waals surface area contributed by atoms with E-state index in [1.807, 2.05) is 48.5 Å². The smallest absolute Gasteiger partial charge is 0.324 e. The molecule has 0 radical (unpaired) electrons. The summed E-state index contributed by atoms with van der Waals surface area (Å²) in [5.74, 6) is 0.811. The molecule has 0 atom stereocenters. The number of hydrogen-bond acceptors (Lipinski definition) is 5. The van der Waals surface area contributed by atoms with Gasteiger partial charge in [0.2, 0.25) is 0 Å². The van der Waals surface area contributed by atoms with Gasteiger partial charge in [0.15, 0.2) is 0 Å². The highest BCUT2D eigenvalue weighted by atomic mass is 32.1. The maximum atomic E-state index is 10.7. The Morgan fingerprint density at radius 3 is 2.60 bits per heavy atom. The van der Waals surface area contributed by atoms with Crippen LogP contribution < -0.4 is 0 Å². The van der Waals surface area contributed by atoms with Gasteiger partial charge in [0, 0.05) is 17.8 Å². The third kappa shape index (κ3) is 3.17. The average molecular weight is 348 g/mol. The standard InChI is InChI=1S/C18H12N4O2S/c23-22(24)17-10-9-14(25-17)11-19-13-7-5-12(6-8-13)18-20-15-3-1-2-4-16(15)21-18/h1-11H,(H,20,21). The normalized spacial score (nSPS) is 11.4. The molecule has 122 valence electrons. The van der Waals surface area contributed by atoms with Crippen molar-refractivity contribution in [1.29, 1.82) is 0 Å². The molecule has 25 heavy (non-hydrogen) atoms. The Morgan fingerprint density at radius 2 is 1.88 bits per heavy atom. The van der Waals surface area contributed by atoms with E-state index >= 15 is 0 Å². The summed E-state index contributed by atoms with van der Waals surface area (Å²) in [5.41, 5.74) is 3.68. The highest BCUT2D eigenvalue weighted by Crippen LogP contribution is 2.25. The number of rotatable bonds is 4. The Hall–Kier alpha value is -3.32. The summed E-state index contributed by atoms with van der Waals surface area (Å²) in [6.45, 7) is 0. The van der Waals surface area contributed by atoms with Crippen molar-refractivity contribution in [3.8, 4) is 11.4 Å². The number of hydrogen-bond donors (Lipinski definition) is 1. The van der Waals surface area contributed by atoms with Crippen molar-refractivity contribution >= 4 is 39.3 Å². The van der Waals surface area contributed by atoms with Gasteiger partial charge in [0.25, 0.3) is 0 Å². The van der Waals surface area contributed by atoms with E-state index in [9.17, 15) is 10.1 Å². The number of aromatic nitrogens is 2. The van der Waals surface area contributed by atoms with Crippen molar-refractivity contribution in [3.05, 3.63) is 75.7 Å². The van der Waals surface area contributed by atoms with Gasteiger partial charge in [-0.05, 0) is 42.5 Å². The van der Waals surface area contributed by atoms with Gasteiger partial charge >= 0.3 is 5.00 Å². The molecule has 4 aromatic rings. The lowest BCUT2D eigenvalue weighted by Crippen LogP contribution is -1.80. The highest BCUT2D eigenvalue weighted by Gasteiger charge is 2.08. The zero-order chi connectivity index (χ0) is 17.2. The van der Waals surface area contributed by atoms with Crippen molar-refractivity contribution in [2.45, 2.75) is 0 Å². The van der Waals surface area contributed by atoms with Crippen molar-refractivity contribution in [1.82, 2.24) is 9.97 Å². The second kappa shape index (κ2) is 6.29. The lowest BCUT2D eigenvalue weighted by molar-refractivity contribution is -0.380. The molecule has 7 heteroatoms. The predicted octanol–water partition coefficient (Wildman–Crippen LogP) is 4.95. The molecule has 0 amide bonds. The van der Waals surface area contributed by atoms with E-state index in [4.69, 9.17) is 0 Å². The van der Waals surface area contributed by atoms with E-state index in [-0.39, 0.29) is 5.00 Å². The molecule has 6 nitrogen and oxygen atoms in total. The van der Waals surface area contributed by atoms with Crippen molar-refractivity contribution in [2.24, 2.45) is 4.99 Å². The van der Waals surface area contributed by atoms with Crippen molar-refractivity contribution in [3.63, 3.8) is 0 Å². The molecular formula is C18H12N4O2S. The third-order valence-corrected chi connectivity index (χ3v) is 4.64. The van der Waals surface area contributed by atoms with Gasteiger partial charge in [-0.25, -0.2) is 4.98 Å². The minimum Gasteiger partial charge on any atom is -0.338 e. The number of aliphatic imine (C=N–C) groups is 1. The number of fused-ring (bicyclic) bond motifs is 1. The molecule has 0 aliphatic heterocycles.